The van der Waals surface area contributed by atoms with Gasteiger partial charge in [-0.05, 0) is 50.4 Å². The molecule has 8 heteroatoms. The van der Waals surface area contributed by atoms with Gasteiger partial charge in [0, 0.05) is 29.8 Å². The van der Waals surface area contributed by atoms with Crippen LogP contribution in [0.25, 0.3) is 0 Å². The number of hydrogen-bond donors (Lipinski definition) is 3. The number of aliphatic hydroxyl groups is 1. The minimum atomic E-state index is -0.538. The Hall–Kier alpha value is -1.51. The van der Waals surface area contributed by atoms with Crippen molar-refractivity contribution in [3.8, 4) is 0 Å². The third-order valence-electron chi connectivity index (χ3n) is 7.79. The summed E-state index contributed by atoms with van der Waals surface area (Å²) in [6.45, 7) is 12.2. The van der Waals surface area contributed by atoms with E-state index in [-0.39, 0.29) is 40.9 Å². The van der Waals surface area contributed by atoms with Gasteiger partial charge in [-0.2, -0.15) is 0 Å². The molecule has 2 aliphatic carbocycles. The highest BCUT2D eigenvalue weighted by atomic mass is 32.1. The third-order valence-corrected chi connectivity index (χ3v) is 8.78. The molecule has 3 N–H and O–H groups in total. The smallest absolute Gasteiger partial charge is 0.281 e. The molecule has 0 spiro atoms. The number of quaternary nitrogens is 1. The Morgan fingerprint density at radius 1 is 1.34 bits per heavy atom. The molecule has 3 rings (SSSR count). The van der Waals surface area contributed by atoms with Gasteiger partial charge in [0.05, 0.1) is 25.9 Å². The number of thiazole rings is 1. The summed E-state index contributed by atoms with van der Waals surface area (Å²) in [4.78, 5) is 34.2. The number of hydrogen-bond acceptors (Lipinski definition) is 5. The van der Waals surface area contributed by atoms with E-state index in [4.69, 9.17) is 4.98 Å². The lowest BCUT2D eigenvalue weighted by molar-refractivity contribution is -0.849. The summed E-state index contributed by atoms with van der Waals surface area (Å²) in [5.41, 5.74) is 0.981. The van der Waals surface area contributed by atoms with Gasteiger partial charge in [-0.1, -0.05) is 20.8 Å². The standard InChI is InChI=1S/C24H40N4O3S/c1-8-28(9-2)22(31)14(3)16-10-11-24(5)12-17-20(15(4)19(24)21(16)30)26-23(32-17)25-18(29)13-27(6)7/h14-16,19,21,30H,8-13H2,1-7H3,(H,25,26,29)/p+1/t14-,15-,16+,19+,21-,24-/m0/s1. The van der Waals surface area contributed by atoms with Crippen molar-refractivity contribution in [2.75, 3.05) is 39.0 Å². The normalized spacial score (nSPS) is 30.4. The average molecular weight is 466 g/mol. The maximum absolute atomic E-state index is 13.0. The summed E-state index contributed by atoms with van der Waals surface area (Å²) in [6.07, 6.45) is 2.18. The SMILES string of the molecule is CCN(CC)C(=O)[C@@H](C)[C@H]1CC[C@@]2(C)Cc3sc(NC(=O)C[NH+](C)C)nc3[C@@H](C)[C@@H]2[C@H]1O. The minimum absolute atomic E-state index is 0.0259. The minimum Gasteiger partial charge on any atom is -0.392 e. The highest BCUT2D eigenvalue weighted by Gasteiger charge is 2.54. The summed E-state index contributed by atoms with van der Waals surface area (Å²) in [7, 11) is 3.90. The quantitative estimate of drug-likeness (QED) is 0.573. The fraction of sp³-hybridized carbons (Fsp3) is 0.792. The number of aliphatic hydroxyl groups excluding tert-OH is 1. The maximum Gasteiger partial charge on any atom is 0.281 e. The lowest BCUT2D eigenvalue weighted by atomic mass is 9.53. The van der Waals surface area contributed by atoms with E-state index in [1.54, 1.807) is 11.3 Å². The number of rotatable bonds is 7. The van der Waals surface area contributed by atoms with Gasteiger partial charge in [0.15, 0.2) is 11.7 Å². The molecule has 2 aliphatic rings. The molecule has 0 unspecified atom stereocenters. The van der Waals surface area contributed by atoms with Crippen LogP contribution in [-0.4, -0.2) is 66.6 Å². The number of carbonyl (C=O) groups is 2. The Kier molecular flexibility index (Phi) is 7.67. The topological polar surface area (TPSA) is 87.0 Å². The second-order valence-corrected chi connectivity index (χ2v) is 11.5. The molecular weight excluding hydrogens is 424 g/mol. The number of aromatic nitrogens is 1. The Bertz CT molecular complexity index is 837. The molecule has 180 valence electrons. The Morgan fingerprint density at radius 3 is 2.59 bits per heavy atom. The van der Waals surface area contributed by atoms with Crippen LogP contribution in [0, 0.1) is 23.2 Å². The lowest BCUT2D eigenvalue weighted by Gasteiger charge is -2.53. The molecule has 0 aliphatic heterocycles. The zero-order valence-corrected chi connectivity index (χ0v) is 21.5. The monoisotopic (exact) mass is 465 g/mol. The molecule has 0 bridgehead atoms. The van der Waals surface area contributed by atoms with Crippen molar-refractivity contribution < 1.29 is 19.6 Å². The van der Waals surface area contributed by atoms with Crippen molar-refractivity contribution in [1.82, 2.24) is 9.88 Å². The van der Waals surface area contributed by atoms with Crippen molar-refractivity contribution in [3.05, 3.63) is 10.6 Å². The largest absolute Gasteiger partial charge is 0.392 e. The predicted octanol–water partition coefficient (Wildman–Crippen LogP) is 1.78. The second kappa shape index (κ2) is 9.77. The second-order valence-electron chi connectivity index (χ2n) is 10.4. The van der Waals surface area contributed by atoms with Gasteiger partial charge in [0.25, 0.3) is 5.91 Å². The molecule has 0 saturated heterocycles. The van der Waals surface area contributed by atoms with Crippen LogP contribution in [0.1, 0.15) is 63.9 Å². The van der Waals surface area contributed by atoms with Crippen LogP contribution in [0.2, 0.25) is 0 Å². The first-order valence-corrected chi connectivity index (χ1v) is 12.9. The van der Waals surface area contributed by atoms with Crippen LogP contribution in [0.5, 0.6) is 0 Å². The van der Waals surface area contributed by atoms with Crippen LogP contribution < -0.4 is 10.2 Å². The van der Waals surface area contributed by atoms with E-state index in [1.165, 1.54) is 4.88 Å². The van der Waals surface area contributed by atoms with Gasteiger partial charge >= 0.3 is 0 Å². The Balaban J connectivity index is 1.82. The summed E-state index contributed by atoms with van der Waals surface area (Å²) < 4.78 is 0. The van der Waals surface area contributed by atoms with Crippen molar-refractivity contribution in [2.24, 2.45) is 23.2 Å². The highest BCUT2D eigenvalue weighted by Crippen LogP contribution is 2.57. The molecule has 0 radical (unpaired) electrons. The Labute approximate surface area is 196 Å². The Morgan fingerprint density at radius 2 is 2.00 bits per heavy atom. The van der Waals surface area contributed by atoms with Gasteiger partial charge in [-0.25, -0.2) is 4.98 Å². The molecular formula is C24H41N4O3S+. The first-order valence-electron chi connectivity index (χ1n) is 12.1. The van der Waals surface area contributed by atoms with Crippen molar-refractivity contribution in [1.29, 1.82) is 0 Å². The molecule has 32 heavy (non-hydrogen) atoms. The number of anilines is 1. The van der Waals surface area contributed by atoms with Crippen molar-refractivity contribution >= 4 is 28.3 Å². The maximum atomic E-state index is 13.0. The van der Waals surface area contributed by atoms with Gasteiger partial charge in [0.2, 0.25) is 5.91 Å². The molecule has 1 heterocycles. The number of likely N-dealkylation sites (N-methyl/N-ethyl adjacent to an activating group) is 1. The van der Waals surface area contributed by atoms with Crippen LogP contribution in [0.15, 0.2) is 0 Å². The predicted molar refractivity (Wildman–Crippen MR) is 128 cm³/mol. The van der Waals surface area contributed by atoms with Crippen molar-refractivity contribution in [3.63, 3.8) is 0 Å². The molecule has 1 saturated carbocycles. The van der Waals surface area contributed by atoms with Crippen LogP contribution in [-0.2, 0) is 16.0 Å². The molecule has 1 fully saturated rings. The fourth-order valence-corrected chi connectivity index (χ4v) is 7.37. The molecule has 6 atom stereocenters. The third kappa shape index (κ3) is 4.73. The first kappa shape index (κ1) is 25.1. The van der Waals surface area contributed by atoms with E-state index in [9.17, 15) is 14.7 Å². The van der Waals surface area contributed by atoms with Crippen LogP contribution in [0.4, 0.5) is 5.13 Å². The zero-order chi connectivity index (χ0) is 23.8. The number of carbonyl (C=O) groups excluding carboxylic acids is 2. The molecule has 7 nitrogen and oxygen atoms in total. The molecule has 1 aromatic heterocycles. The van der Waals surface area contributed by atoms with E-state index >= 15 is 0 Å². The first-order chi connectivity index (χ1) is 15.0. The summed E-state index contributed by atoms with van der Waals surface area (Å²) in [5, 5.41) is 15.2. The zero-order valence-electron chi connectivity index (χ0n) is 20.7. The van der Waals surface area contributed by atoms with E-state index in [1.807, 2.05) is 39.8 Å². The highest BCUT2D eigenvalue weighted by molar-refractivity contribution is 7.15. The van der Waals surface area contributed by atoms with Gasteiger partial charge in [-0.3, -0.25) is 14.9 Å². The molecule has 0 aromatic carbocycles. The average Bonchev–Trinajstić information content (AvgIpc) is 3.09. The molecule has 2 amide bonds. The number of nitrogens with zero attached hydrogens (tertiary/aromatic N) is 2. The van der Waals surface area contributed by atoms with E-state index < -0.39 is 6.10 Å². The van der Waals surface area contributed by atoms with Gasteiger partial charge in [-0.15, -0.1) is 11.3 Å². The lowest BCUT2D eigenvalue weighted by Crippen LogP contribution is -3.06. The van der Waals surface area contributed by atoms with Crippen molar-refractivity contribution in [2.45, 2.75) is 65.9 Å². The summed E-state index contributed by atoms with van der Waals surface area (Å²) >= 11 is 1.58. The summed E-state index contributed by atoms with van der Waals surface area (Å²) in [5.74, 6) is 0.0221. The van der Waals surface area contributed by atoms with E-state index in [2.05, 4.69) is 19.2 Å². The molecule has 1 aromatic rings. The van der Waals surface area contributed by atoms with Crippen LogP contribution >= 0.6 is 11.3 Å². The fourth-order valence-electron chi connectivity index (χ4n) is 6.09. The number of fused-ring (bicyclic) bond motifs is 2. The summed E-state index contributed by atoms with van der Waals surface area (Å²) in [6, 6.07) is 0. The van der Waals surface area contributed by atoms with Gasteiger partial charge in [0.1, 0.15) is 0 Å². The van der Waals surface area contributed by atoms with Gasteiger partial charge < -0.3 is 14.9 Å². The van der Waals surface area contributed by atoms with E-state index in [0.717, 1.165) is 29.9 Å². The van der Waals surface area contributed by atoms with E-state index in [0.29, 0.717) is 24.8 Å². The number of amides is 2. The van der Waals surface area contributed by atoms with Crippen LogP contribution in [0.3, 0.4) is 0 Å². The number of nitrogens with one attached hydrogen (secondary N) is 2.